The quantitative estimate of drug-likeness (QED) is 0.208. The lowest BCUT2D eigenvalue weighted by Gasteiger charge is -2.34. The number of hydrogen-bond acceptors (Lipinski definition) is 3. The maximum atomic E-state index is 14.0. The number of nitrogens with one attached hydrogen (secondary N) is 1. The molecule has 6 nitrogen and oxygen atoms in total. The van der Waals surface area contributed by atoms with E-state index in [1.54, 1.807) is 9.80 Å². The number of carbonyl (C=O) groups excluding carboxylic acids is 3. The van der Waals surface area contributed by atoms with Gasteiger partial charge >= 0.3 is 0 Å². The van der Waals surface area contributed by atoms with Crippen LogP contribution in [0.15, 0.2) is 95.5 Å². The van der Waals surface area contributed by atoms with E-state index in [-0.39, 0.29) is 24.1 Å². The zero-order valence-corrected chi connectivity index (χ0v) is 25.9. The Morgan fingerprint density at radius 2 is 1.60 bits per heavy atom. The largest absolute Gasteiger partial charge is 0.350 e. The molecule has 0 bridgehead atoms. The second kappa shape index (κ2) is 12.5. The fraction of sp³-hybridized carbons (Fsp3) is 0.286. The molecule has 1 unspecified atom stereocenters. The van der Waals surface area contributed by atoms with E-state index in [2.05, 4.69) is 21.2 Å². The molecule has 216 valence electrons. The number of amides is 3. The molecular weight excluding hydrogens is 590 g/mol. The van der Waals surface area contributed by atoms with Crippen molar-refractivity contribution in [1.29, 1.82) is 0 Å². The van der Waals surface area contributed by atoms with Crippen LogP contribution in [0.3, 0.4) is 0 Å². The summed E-state index contributed by atoms with van der Waals surface area (Å²) in [6.45, 7) is 6.53. The third-order valence-electron chi connectivity index (χ3n) is 7.43. The van der Waals surface area contributed by atoms with Gasteiger partial charge in [-0.2, -0.15) is 0 Å². The fourth-order valence-corrected chi connectivity index (χ4v) is 6.02. The maximum absolute atomic E-state index is 14.0. The molecule has 4 aromatic carbocycles. The molecule has 1 heterocycles. The second-order valence-electron chi connectivity index (χ2n) is 11.8. The summed E-state index contributed by atoms with van der Waals surface area (Å²) in [5.74, 6) is -0.347. The number of halogens is 1. The molecular formula is C35H36BrN3O3. The molecule has 1 aliphatic rings. The highest BCUT2D eigenvalue weighted by Gasteiger charge is 2.33. The molecule has 0 aliphatic carbocycles. The van der Waals surface area contributed by atoms with Crippen LogP contribution in [-0.2, 0) is 22.6 Å². The van der Waals surface area contributed by atoms with Gasteiger partial charge in [0.1, 0.15) is 6.04 Å². The summed E-state index contributed by atoms with van der Waals surface area (Å²) in [5, 5.41) is 5.11. The summed E-state index contributed by atoms with van der Waals surface area (Å²) in [4.78, 5) is 44.5. The zero-order chi connectivity index (χ0) is 29.9. The Labute approximate surface area is 255 Å². The first-order valence-corrected chi connectivity index (χ1v) is 15.1. The molecule has 0 saturated carbocycles. The smallest absolute Gasteiger partial charge is 0.258 e. The summed E-state index contributed by atoms with van der Waals surface area (Å²) in [6, 6.07) is 28.6. The zero-order valence-electron chi connectivity index (χ0n) is 24.3. The Morgan fingerprint density at radius 3 is 2.31 bits per heavy atom. The summed E-state index contributed by atoms with van der Waals surface area (Å²) < 4.78 is 0.910. The number of nitrogens with zero attached hydrogens (tertiary/aromatic N) is 2. The lowest BCUT2D eigenvalue weighted by molar-refractivity contribution is -0.142. The molecule has 1 atom stereocenters. The van der Waals surface area contributed by atoms with Gasteiger partial charge in [0.25, 0.3) is 5.91 Å². The Bertz CT molecular complexity index is 1610. The van der Waals surface area contributed by atoms with Crippen molar-refractivity contribution in [1.82, 2.24) is 10.2 Å². The maximum Gasteiger partial charge on any atom is 0.258 e. The molecule has 0 radical (unpaired) electrons. The molecule has 0 saturated heterocycles. The predicted molar refractivity (Wildman–Crippen MR) is 171 cm³/mol. The van der Waals surface area contributed by atoms with Gasteiger partial charge < -0.3 is 15.1 Å². The number of hydrogen-bond donors (Lipinski definition) is 1. The van der Waals surface area contributed by atoms with Gasteiger partial charge in [-0.15, -0.1) is 0 Å². The normalized spacial score (nSPS) is 13.3. The van der Waals surface area contributed by atoms with Gasteiger partial charge in [-0.1, -0.05) is 82.7 Å². The number of benzene rings is 4. The van der Waals surface area contributed by atoms with Crippen LogP contribution in [-0.4, -0.2) is 40.7 Å². The van der Waals surface area contributed by atoms with Crippen LogP contribution < -0.4 is 10.2 Å². The minimum atomic E-state index is -0.704. The van der Waals surface area contributed by atoms with Crippen molar-refractivity contribution in [3.8, 4) is 0 Å². The monoisotopic (exact) mass is 625 g/mol. The van der Waals surface area contributed by atoms with Crippen LogP contribution in [0, 0.1) is 0 Å². The minimum absolute atomic E-state index is 0.0354. The van der Waals surface area contributed by atoms with Gasteiger partial charge in [-0.3, -0.25) is 14.4 Å². The topological polar surface area (TPSA) is 69.7 Å². The lowest BCUT2D eigenvalue weighted by Crippen LogP contribution is -2.54. The molecule has 1 N–H and O–H groups in total. The molecule has 4 aromatic rings. The standard InChI is InChI=1S/C35H36BrN3O3/c1-35(2,3)37-33(41)30(22-24-11-5-4-6-12-24)39(23-25-13-7-16-27(36)21-25)31(40)19-10-20-38-29-18-9-15-26-14-8-17-28(32(26)29)34(38)42/h4-9,11-18,21,30H,10,19-20,22-23H2,1-3H3,(H,37,41). The van der Waals surface area contributed by atoms with Gasteiger partial charge in [0.15, 0.2) is 0 Å². The van der Waals surface area contributed by atoms with Crippen LogP contribution in [0.1, 0.15) is 55.1 Å². The molecule has 7 heteroatoms. The van der Waals surface area contributed by atoms with Crippen LogP contribution in [0.5, 0.6) is 0 Å². The van der Waals surface area contributed by atoms with Gasteiger partial charge in [0, 0.05) is 46.9 Å². The highest BCUT2D eigenvalue weighted by atomic mass is 79.9. The van der Waals surface area contributed by atoms with E-state index in [1.165, 1.54) is 0 Å². The third kappa shape index (κ3) is 6.73. The van der Waals surface area contributed by atoms with E-state index in [9.17, 15) is 14.4 Å². The Kier molecular flexibility index (Phi) is 8.78. The van der Waals surface area contributed by atoms with Crippen molar-refractivity contribution in [2.75, 3.05) is 11.4 Å². The van der Waals surface area contributed by atoms with Crippen LogP contribution in [0.25, 0.3) is 10.8 Å². The molecule has 5 rings (SSSR count). The molecule has 0 aromatic heterocycles. The van der Waals surface area contributed by atoms with Crippen LogP contribution >= 0.6 is 15.9 Å². The van der Waals surface area contributed by atoms with Crippen molar-refractivity contribution in [2.24, 2.45) is 0 Å². The third-order valence-corrected chi connectivity index (χ3v) is 7.93. The van der Waals surface area contributed by atoms with E-state index in [0.717, 1.165) is 32.1 Å². The van der Waals surface area contributed by atoms with Crippen LogP contribution in [0.4, 0.5) is 5.69 Å². The van der Waals surface area contributed by atoms with E-state index in [0.29, 0.717) is 31.5 Å². The average molecular weight is 627 g/mol. The SMILES string of the molecule is CC(C)(C)NC(=O)C(Cc1ccccc1)N(Cc1cccc(Br)c1)C(=O)CCCN1C(=O)c2cccc3cccc1c23. The molecule has 1 aliphatic heterocycles. The van der Waals surface area contributed by atoms with Crippen molar-refractivity contribution in [3.05, 3.63) is 112 Å². The van der Waals surface area contributed by atoms with E-state index in [1.807, 2.05) is 112 Å². The summed E-state index contributed by atoms with van der Waals surface area (Å²) in [5.41, 5.74) is 3.04. The first-order chi connectivity index (χ1) is 20.1. The predicted octanol–water partition coefficient (Wildman–Crippen LogP) is 6.90. The summed E-state index contributed by atoms with van der Waals surface area (Å²) in [6.07, 6.45) is 1.07. The van der Waals surface area contributed by atoms with Crippen molar-refractivity contribution >= 4 is 50.1 Å². The lowest BCUT2D eigenvalue weighted by atomic mass is 10.00. The molecule has 0 fully saturated rings. The van der Waals surface area contributed by atoms with E-state index in [4.69, 9.17) is 0 Å². The first-order valence-electron chi connectivity index (χ1n) is 14.3. The van der Waals surface area contributed by atoms with Crippen molar-refractivity contribution in [3.63, 3.8) is 0 Å². The highest BCUT2D eigenvalue weighted by molar-refractivity contribution is 9.10. The Balaban J connectivity index is 1.39. The van der Waals surface area contributed by atoms with Crippen molar-refractivity contribution < 1.29 is 14.4 Å². The van der Waals surface area contributed by atoms with Crippen LogP contribution in [0.2, 0.25) is 0 Å². The van der Waals surface area contributed by atoms with Gasteiger partial charge in [-0.25, -0.2) is 0 Å². The average Bonchev–Trinajstić information content (AvgIpc) is 3.22. The second-order valence-corrected chi connectivity index (χ2v) is 12.8. The highest BCUT2D eigenvalue weighted by Crippen LogP contribution is 2.37. The van der Waals surface area contributed by atoms with Gasteiger partial charge in [0.05, 0.1) is 5.69 Å². The number of carbonyl (C=O) groups is 3. The molecule has 3 amide bonds. The summed E-state index contributed by atoms with van der Waals surface area (Å²) in [7, 11) is 0. The number of anilines is 1. The summed E-state index contributed by atoms with van der Waals surface area (Å²) >= 11 is 3.54. The molecule has 42 heavy (non-hydrogen) atoms. The van der Waals surface area contributed by atoms with Gasteiger partial charge in [-0.05, 0) is 68.0 Å². The Hall–Kier alpha value is -3.97. The van der Waals surface area contributed by atoms with Gasteiger partial charge in [0.2, 0.25) is 11.8 Å². The minimum Gasteiger partial charge on any atom is -0.350 e. The first kappa shape index (κ1) is 29.5. The van der Waals surface area contributed by atoms with Crippen molar-refractivity contribution in [2.45, 2.75) is 58.2 Å². The van der Waals surface area contributed by atoms with E-state index < -0.39 is 11.6 Å². The fourth-order valence-electron chi connectivity index (χ4n) is 5.57. The van der Waals surface area contributed by atoms with E-state index >= 15 is 0 Å². The number of rotatable bonds is 10. The molecule has 0 spiro atoms. The Morgan fingerprint density at radius 1 is 0.905 bits per heavy atom.